The number of fused-ring (bicyclic) bond motifs is 1. The van der Waals surface area contributed by atoms with Crippen LogP contribution in [0.4, 0.5) is 5.69 Å². The van der Waals surface area contributed by atoms with Crippen molar-refractivity contribution in [3.8, 4) is 11.1 Å². The Bertz CT molecular complexity index is 1210. The highest BCUT2D eigenvalue weighted by Gasteiger charge is 2.15. The molecule has 4 rings (SSSR count). The highest BCUT2D eigenvalue weighted by Crippen LogP contribution is 2.30. The van der Waals surface area contributed by atoms with Gasteiger partial charge in [-0.05, 0) is 24.6 Å². The van der Waals surface area contributed by atoms with Crippen LogP contribution in [0.15, 0.2) is 71.1 Å². The summed E-state index contributed by atoms with van der Waals surface area (Å²) in [6.07, 6.45) is 1.76. The first kappa shape index (κ1) is 19.1. The largest absolute Gasteiger partial charge is 0.315 e. The lowest BCUT2D eigenvalue weighted by Gasteiger charge is -2.17. The number of rotatable bonds is 5. The number of aromatic nitrogens is 2. The molecule has 0 atom stereocenters. The number of carbonyl (C=O) groups excluding carboxylic acids is 1. The van der Waals surface area contributed by atoms with Crippen LogP contribution in [0.3, 0.4) is 0 Å². The Labute approximate surface area is 172 Å². The van der Waals surface area contributed by atoms with Gasteiger partial charge in [-0.15, -0.1) is 11.3 Å². The van der Waals surface area contributed by atoms with Gasteiger partial charge in [0.2, 0.25) is 5.91 Å². The predicted molar refractivity (Wildman–Crippen MR) is 119 cm³/mol. The molecule has 2 aromatic carbocycles. The molecule has 1 amide bonds. The van der Waals surface area contributed by atoms with Gasteiger partial charge in [0.05, 0.1) is 11.7 Å². The Hall–Kier alpha value is -3.25. The van der Waals surface area contributed by atoms with Gasteiger partial charge in [-0.1, -0.05) is 48.0 Å². The van der Waals surface area contributed by atoms with E-state index < -0.39 is 0 Å². The standard InChI is InChI=1S/C23H21N3O2S/c1-16-8-10-17(11-9-16)19-14-29-22-21(19)23(28)26(15-24-22)13-12-20(27)25(2)18-6-4-3-5-7-18/h3-11,14-15H,12-13H2,1-2H3. The number of thiophene rings is 1. The molecule has 0 unspecified atom stereocenters. The second-order valence-electron chi connectivity index (χ2n) is 6.98. The average Bonchev–Trinajstić information content (AvgIpc) is 3.18. The van der Waals surface area contributed by atoms with E-state index in [1.807, 2.05) is 66.9 Å². The zero-order valence-corrected chi connectivity index (χ0v) is 17.1. The van der Waals surface area contributed by atoms with Crippen molar-refractivity contribution < 1.29 is 4.79 Å². The fourth-order valence-corrected chi connectivity index (χ4v) is 4.16. The van der Waals surface area contributed by atoms with Crippen molar-refractivity contribution in [1.82, 2.24) is 9.55 Å². The van der Waals surface area contributed by atoms with Crippen LogP contribution in [0.25, 0.3) is 21.3 Å². The van der Waals surface area contributed by atoms with Crippen molar-refractivity contribution in [3.05, 3.63) is 82.2 Å². The van der Waals surface area contributed by atoms with Crippen LogP contribution in [0.2, 0.25) is 0 Å². The smallest absolute Gasteiger partial charge is 0.262 e. The molecule has 6 heteroatoms. The van der Waals surface area contributed by atoms with Crippen LogP contribution >= 0.6 is 11.3 Å². The number of benzene rings is 2. The summed E-state index contributed by atoms with van der Waals surface area (Å²) in [5, 5.41) is 2.59. The van der Waals surface area contributed by atoms with E-state index in [1.165, 1.54) is 27.8 Å². The summed E-state index contributed by atoms with van der Waals surface area (Å²) in [4.78, 5) is 32.4. The lowest BCUT2D eigenvalue weighted by Crippen LogP contribution is -2.29. The van der Waals surface area contributed by atoms with Crippen molar-refractivity contribution in [3.63, 3.8) is 0 Å². The maximum absolute atomic E-state index is 13.1. The summed E-state index contributed by atoms with van der Waals surface area (Å²) in [7, 11) is 1.75. The molecule has 146 valence electrons. The molecule has 2 heterocycles. The zero-order valence-electron chi connectivity index (χ0n) is 16.3. The van der Waals surface area contributed by atoms with E-state index in [2.05, 4.69) is 4.98 Å². The van der Waals surface area contributed by atoms with Gasteiger partial charge >= 0.3 is 0 Å². The van der Waals surface area contributed by atoms with Crippen molar-refractivity contribution in [2.45, 2.75) is 19.9 Å². The lowest BCUT2D eigenvalue weighted by atomic mass is 10.1. The number of hydrogen-bond donors (Lipinski definition) is 0. The van der Waals surface area contributed by atoms with Crippen molar-refractivity contribution in [2.24, 2.45) is 0 Å². The Morgan fingerprint density at radius 2 is 1.83 bits per heavy atom. The van der Waals surface area contributed by atoms with E-state index in [-0.39, 0.29) is 17.9 Å². The molecule has 5 nitrogen and oxygen atoms in total. The van der Waals surface area contributed by atoms with E-state index >= 15 is 0 Å². The van der Waals surface area contributed by atoms with E-state index in [0.717, 1.165) is 21.6 Å². The minimum atomic E-state index is -0.109. The number of nitrogens with zero attached hydrogens (tertiary/aromatic N) is 3. The minimum Gasteiger partial charge on any atom is -0.315 e. The fraction of sp³-hybridized carbons (Fsp3) is 0.174. The van der Waals surface area contributed by atoms with Gasteiger partial charge in [-0.25, -0.2) is 4.98 Å². The van der Waals surface area contributed by atoms with E-state index in [4.69, 9.17) is 0 Å². The molecule has 0 bridgehead atoms. The summed E-state index contributed by atoms with van der Waals surface area (Å²) in [6, 6.07) is 17.6. The molecule has 0 N–H and O–H groups in total. The molecule has 0 fully saturated rings. The van der Waals surface area contributed by atoms with Crippen molar-refractivity contribution >= 4 is 33.1 Å². The Kier molecular flexibility index (Phi) is 5.27. The third-order valence-electron chi connectivity index (χ3n) is 5.01. The number of hydrogen-bond acceptors (Lipinski definition) is 4. The van der Waals surface area contributed by atoms with Crippen LogP contribution in [0.1, 0.15) is 12.0 Å². The van der Waals surface area contributed by atoms with E-state index in [0.29, 0.717) is 11.9 Å². The van der Waals surface area contributed by atoms with Gasteiger partial charge in [-0.2, -0.15) is 0 Å². The quantitative estimate of drug-likeness (QED) is 0.493. The highest BCUT2D eigenvalue weighted by molar-refractivity contribution is 7.17. The maximum atomic E-state index is 13.1. The number of amides is 1. The van der Waals surface area contributed by atoms with Crippen LogP contribution < -0.4 is 10.5 Å². The first-order valence-electron chi connectivity index (χ1n) is 9.40. The fourth-order valence-electron chi connectivity index (χ4n) is 3.25. The Morgan fingerprint density at radius 1 is 1.10 bits per heavy atom. The molecule has 0 radical (unpaired) electrons. The van der Waals surface area contributed by atoms with Crippen LogP contribution in [-0.2, 0) is 11.3 Å². The minimum absolute atomic E-state index is 0.0488. The lowest BCUT2D eigenvalue weighted by molar-refractivity contribution is -0.118. The maximum Gasteiger partial charge on any atom is 0.262 e. The summed E-state index contributed by atoms with van der Waals surface area (Å²) < 4.78 is 1.53. The third kappa shape index (κ3) is 3.84. The second-order valence-corrected chi connectivity index (χ2v) is 7.84. The predicted octanol–water partition coefficient (Wildman–Crippen LogP) is 4.49. The summed E-state index contributed by atoms with van der Waals surface area (Å²) in [5.41, 5.74) is 3.78. The topological polar surface area (TPSA) is 55.2 Å². The van der Waals surface area contributed by atoms with Gasteiger partial charge in [0.15, 0.2) is 0 Å². The molecule has 0 saturated carbocycles. The van der Waals surface area contributed by atoms with Gasteiger partial charge in [-0.3, -0.25) is 14.2 Å². The van der Waals surface area contributed by atoms with Gasteiger partial charge in [0, 0.05) is 36.6 Å². The number of para-hydroxylation sites is 1. The van der Waals surface area contributed by atoms with Crippen molar-refractivity contribution in [2.75, 3.05) is 11.9 Å². The van der Waals surface area contributed by atoms with Gasteiger partial charge in [0.1, 0.15) is 4.83 Å². The molecule has 2 aromatic heterocycles. The van der Waals surface area contributed by atoms with Gasteiger partial charge < -0.3 is 4.90 Å². The monoisotopic (exact) mass is 403 g/mol. The average molecular weight is 404 g/mol. The summed E-state index contributed by atoms with van der Waals surface area (Å²) >= 11 is 1.46. The van der Waals surface area contributed by atoms with Crippen molar-refractivity contribution in [1.29, 1.82) is 0 Å². The molecule has 0 spiro atoms. The summed E-state index contributed by atoms with van der Waals surface area (Å²) in [6.45, 7) is 2.33. The molecule has 0 aliphatic carbocycles. The highest BCUT2D eigenvalue weighted by atomic mass is 32.1. The zero-order chi connectivity index (χ0) is 20.4. The normalized spacial score (nSPS) is 11.0. The first-order valence-corrected chi connectivity index (χ1v) is 10.3. The molecule has 4 aromatic rings. The number of anilines is 1. The Balaban J connectivity index is 1.59. The number of carbonyl (C=O) groups is 1. The van der Waals surface area contributed by atoms with E-state index in [9.17, 15) is 9.59 Å². The van der Waals surface area contributed by atoms with Crippen LogP contribution in [-0.4, -0.2) is 22.5 Å². The first-order chi connectivity index (χ1) is 14.0. The van der Waals surface area contributed by atoms with Crippen LogP contribution in [0, 0.1) is 6.92 Å². The van der Waals surface area contributed by atoms with Gasteiger partial charge in [0.25, 0.3) is 5.56 Å². The summed E-state index contributed by atoms with van der Waals surface area (Å²) in [5.74, 6) is -0.0488. The SMILES string of the molecule is Cc1ccc(-c2csc3ncn(CCC(=O)N(C)c4ccccc4)c(=O)c23)cc1. The second kappa shape index (κ2) is 8.01. The van der Waals surface area contributed by atoms with E-state index in [1.54, 1.807) is 11.9 Å². The molecule has 29 heavy (non-hydrogen) atoms. The molecule has 0 saturated heterocycles. The number of aryl methyl sites for hydroxylation is 2. The molecule has 0 aliphatic rings. The van der Waals surface area contributed by atoms with Crippen LogP contribution in [0.5, 0.6) is 0 Å². The molecule has 0 aliphatic heterocycles. The molecular weight excluding hydrogens is 382 g/mol. The third-order valence-corrected chi connectivity index (χ3v) is 5.89. The Morgan fingerprint density at radius 3 is 2.55 bits per heavy atom. The molecular formula is C23H21N3O2S.